The number of benzene rings is 3. The molecule has 1 aliphatic rings. The van der Waals surface area contributed by atoms with E-state index in [2.05, 4.69) is 20.8 Å². The Morgan fingerprint density at radius 1 is 1.00 bits per heavy atom. The van der Waals surface area contributed by atoms with Crippen LogP contribution in [-0.4, -0.2) is 56.6 Å². The molecule has 4 aromatic rings. The first-order valence-corrected chi connectivity index (χ1v) is 11.9. The van der Waals surface area contributed by atoms with E-state index in [-0.39, 0.29) is 19.4 Å². The lowest BCUT2D eigenvalue weighted by Gasteiger charge is -2.38. The van der Waals surface area contributed by atoms with E-state index in [4.69, 9.17) is 27.0 Å². The molecule has 1 aliphatic heterocycles. The normalized spacial score (nSPS) is 14.7. The van der Waals surface area contributed by atoms with Gasteiger partial charge in [0.1, 0.15) is 12.4 Å². The third-order valence-corrected chi connectivity index (χ3v) is 6.08. The van der Waals surface area contributed by atoms with Crippen LogP contribution in [0, 0.1) is 0 Å². The number of amides is 2. The average molecular weight is 535 g/mol. The largest absolute Gasteiger partial charge is 0.366 e. The fraction of sp³-hybridized carbons (Fsp3) is 0.160. The van der Waals surface area contributed by atoms with Crippen molar-refractivity contribution in [3.63, 3.8) is 0 Å². The highest BCUT2D eigenvalue weighted by Gasteiger charge is 2.32. The van der Waals surface area contributed by atoms with Crippen LogP contribution in [0.2, 0.25) is 5.02 Å². The Bertz CT molecular complexity index is 1390. The minimum Gasteiger partial charge on any atom is -0.366 e. The van der Waals surface area contributed by atoms with Gasteiger partial charge in [-0.3, -0.25) is 19.3 Å². The second-order valence-corrected chi connectivity index (χ2v) is 8.77. The van der Waals surface area contributed by atoms with Crippen LogP contribution >= 0.6 is 11.6 Å². The smallest absolute Gasteiger partial charge is 0.248 e. The predicted octanol–water partition coefficient (Wildman–Crippen LogP) is 2.56. The predicted molar refractivity (Wildman–Crippen MR) is 138 cm³/mol. The van der Waals surface area contributed by atoms with Gasteiger partial charge in [0.2, 0.25) is 11.8 Å². The van der Waals surface area contributed by atoms with Crippen LogP contribution in [0.25, 0.3) is 5.69 Å². The van der Waals surface area contributed by atoms with Gasteiger partial charge in [-0.2, -0.15) is 4.68 Å². The highest BCUT2D eigenvalue weighted by Crippen LogP contribution is 2.30. The summed E-state index contributed by atoms with van der Waals surface area (Å²) >= 11 is 6.24. The standard InChI is InChI=1S/C25H23ClN8O4/c26-19-8-11-21(32-14-28-30-31-32)22(13-19)33-15-38-34(16-37-33)23(12-17-4-2-1-3-5-17)25(36)29-20-9-6-18(7-10-20)24(27)35/h1-11,13-14,23H,12,15-16H2,(H2,27,35)(H,29,36). The van der Waals surface area contributed by atoms with Crippen molar-refractivity contribution in [2.24, 2.45) is 5.73 Å². The summed E-state index contributed by atoms with van der Waals surface area (Å²) in [5.74, 6) is -0.856. The summed E-state index contributed by atoms with van der Waals surface area (Å²) in [4.78, 5) is 36.8. The maximum atomic E-state index is 13.4. The first kappa shape index (κ1) is 25.3. The number of nitrogens with one attached hydrogen (secondary N) is 1. The van der Waals surface area contributed by atoms with Crippen molar-refractivity contribution in [3.8, 4) is 5.69 Å². The molecule has 0 bridgehead atoms. The molecule has 13 heteroatoms. The average Bonchev–Trinajstić information content (AvgIpc) is 3.47. The summed E-state index contributed by atoms with van der Waals surface area (Å²) in [7, 11) is 0. The number of hydrogen-bond donors (Lipinski definition) is 2. The van der Waals surface area contributed by atoms with Crippen LogP contribution < -0.4 is 16.1 Å². The lowest BCUT2D eigenvalue weighted by molar-refractivity contribution is -0.279. The van der Waals surface area contributed by atoms with Crippen molar-refractivity contribution in [2.75, 3.05) is 23.8 Å². The lowest BCUT2D eigenvalue weighted by Crippen LogP contribution is -2.52. The Hall–Kier alpha value is -4.36. The highest BCUT2D eigenvalue weighted by atomic mass is 35.5. The number of carbonyl (C=O) groups is 2. The van der Waals surface area contributed by atoms with Gasteiger partial charge in [-0.15, -0.1) is 10.2 Å². The number of halogens is 1. The van der Waals surface area contributed by atoms with Crippen molar-refractivity contribution in [1.82, 2.24) is 25.3 Å². The molecular weight excluding hydrogens is 512 g/mol. The first-order valence-electron chi connectivity index (χ1n) is 11.6. The fourth-order valence-electron chi connectivity index (χ4n) is 3.91. The Morgan fingerprint density at radius 3 is 2.45 bits per heavy atom. The van der Waals surface area contributed by atoms with Gasteiger partial charge in [-0.25, -0.2) is 5.06 Å². The molecule has 12 nitrogen and oxygen atoms in total. The zero-order valence-electron chi connectivity index (χ0n) is 20.0. The fourth-order valence-corrected chi connectivity index (χ4v) is 4.08. The number of rotatable bonds is 8. The maximum absolute atomic E-state index is 13.4. The van der Waals surface area contributed by atoms with Gasteiger partial charge in [0.05, 0.1) is 11.4 Å². The molecule has 3 N–H and O–H groups in total. The maximum Gasteiger partial charge on any atom is 0.248 e. The van der Waals surface area contributed by atoms with Gasteiger partial charge in [0.25, 0.3) is 0 Å². The number of nitrogens with two attached hydrogens (primary N) is 1. The third kappa shape index (κ3) is 5.79. The van der Waals surface area contributed by atoms with Crippen molar-refractivity contribution in [1.29, 1.82) is 0 Å². The molecule has 0 spiro atoms. The topological polar surface area (TPSA) is 141 Å². The summed E-state index contributed by atoms with van der Waals surface area (Å²) in [5.41, 5.74) is 8.33. The molecule has 38 heavy (non-hydrogen) atoms. The van der Waals surface area contributed by atoms with E-state index in [0.717, 1.165) is 5.56 Å². The van der Waals surface area contributed by atoms with Crippen molar-refractivity contribution >= 4 is 34.8 Å². The van der Waals surface area contributed by atoms with Gasteiger partial charge in [0, 0.05) is 16.3 Å². The van der Waals surface area contributed by atoms with Crippen molar-refractivity contribution < 1.29 is 19.3 Å². The minimum absolute atomic E-state index is 0.0264. The van der Waals surface area contributed by atoms with E-state index in [9.17, 15) is 9.59 Å². The quantitative estimate of drug-likeness (QED) is 0.349. The number of tetrazole rings is 1. The van der Waals surface area contributed by atoms with Crippen LogP contribution in [-0.2, 0) is 20.9 Å². The van der Waals surface area contributed by atoms with Gasteiger partial charge in [-0.05, 0) is 64.9 Å². The Morgan fingerprint density at radius 2 is 1.79 bits per heavy atom. The number of primary amides is 1. The van der Waals surface area contributed by atoms with Crippen LogP contribution in [0.15, 0.2) is 79.1 Å². The minimum atomic E-state index is -0.728. The molecule has 1 unspecified atom stereocenters. The van der Waals surface area contributed by atoms with Gasteiger partial charge in [-0.1, -0.05) is 41.9 Å². The first-order chi connectivity index (χ1) is 18.5. The SMILES string of the molecule is NC(=O)c1ccc(NC(=O)C(Cc2ccccc2)N2CON(c3cc(Cl)ccc3-n3cnnn3)CO2)cc1. The molecule has 1 saturated heterocycles. The summed E-state index contributed by atoms with van der Waals surface area (Å²) in [5, 5.41) is 17.7. The number of carbonyl (C=O) groups excluding carboxylic acids is 2. The van der Waals surface area contributed by atoms with E-state index < -0.39 is 11.9 Å². The van der Waals surface area contributed by atoms with E-state index in [1.807, 2.05) is 30.3 Å². The lowest BCUT2D eigenvalue weighted by atomic mass is 10.0. The third-order valence-electron chi connectivity index (χ3n) is 5.84. The molecule has 3 aromatic carbocycles. The number of hydrogen-bond acceptors (Lipinski definition) is 9. The summed E-state index contributed by atoms with van der Waals surface area (Å²) in [6.07, 6.45) is 1.82. The molecule has 0 radical (unpaired) electrons. The number of hydroxylamine groups is 3. The molecule has 2 heterocycles. The molecule has 194 valence electrons. The molecule has 1 aromatic heterocycles. The number of anilines is 2. The van der Waals surface area contributed by atoms with E-state index in [0.29, 0.717) is 34.1 Å². The van der Waals surface area contributed by atoms with Crippen LogP contribution in [0.1, 0.15) is 15.9 Å². The Kier molecular flexibility index (Phi) is 7.56. The molecular formula is C25H23ClN8O4. The number of aromatic nitrogens is 4. The Labute approximate surface area is 222 Å². The second kappa shape index (κ2) is 11.4. The molecule has 1 fully saturated rings. The van der Waals surface area contributed by atoms with Crippen LogP contribution in [0.5, 0.6) is 0 Å². The van der Waals surface area contributed by atoms with Gasteiger partial charge in [0.15, 0.2) is 13.5 Å². The summed E-state index contributed by atoms with van der Waals surface area (Å²) < 4.78 is 1.48. The van der Waals surface area contributed by atoms with Crippen molar-refractivity contribution in [2.45, 2.75) is 12.5 Å². The second-order valence-electron chi connectivity index (χ2n) is 8.34. The molecule has 2 amide bonds. The van der Waals surface area contributed by atoms with Gasteiger partial charge < -0.3 is 11.1 Å². The Balaban J connectivity index is 1.33. The zero-order chi connectivity index (χ0) is 26.5. The van der Waals surface area contributed by atoms with E-state index in [1.165, 1.54) is 21.1 Å². The number of nitrogens with zero attached hydrogens (tertiary/aromatic N) is 6. The monoisotopic (exact) mass is 534 g/mol. The summed E-state index contributed by atoms with van der Waals surface area (Å²) in [6.45, 7) is -0.0750. The van der Waals surface area contributed by atoms with E-state index in [1.54, 1.807) is 42.5 Å². The summed E-state index contributed by atoms with van der Waals surface area (Å²) in [6, 6.07) is 20.4. The van der Waals surface area contributed by atoms with Crippen LogP contribution in [0.4, 0.5) is 11.4 Å². The molecule has 1 atom stereocenters. The van der Waals surface area contributed by atoms with Crippen LogP contribution in [0.3, 0.4) is 0 Å². The highest BCUT2D eigenvalue weighted by molar-refractivity contribution is 6.31. The van der Waals surface area contributed by atoms with Crippen molar-refractivity contribution in [3.05, 3.63) is 95.3 Å². The molecule has 0 aliphatic carbocycles. The van der Waals surface area contributed by atoms with E-state index >= 15 is 0 Å². The molecule has 5 rings (SSSR count). The molecule has 0 saturated carbocycles. The van der Waals surface area contributed by atoms with Gasteiger partial charge >= 0.3 is 0 Å². The zero-order valence-corrected chi connectivity index (χ0v) is 20.7.